The van der Waals surface area contributed by atoms with Crippen LogP contribution in [0.25, 0.3) is 0 Å². The predicted molar refractivity (Wildman–Crippen MR) is 140 cm³/mol. The minimum atomic E-state index is -3.97. The van der Waals surface area contributed by atoms with Crippen LogP contribution in [0.5, 0.6) is 0 Å². The minimum absolute atomic E-state index is 0.00677. The fraction of sp³-hybridized carbons (Fsp3) is 0.480. The summed E-state index contributed by atoms with van der Waals surface area (Å²) in [5, 5.41) is 3.58. The van der Waals surface area contributed by atoms with Gasteiger partial charge in [-0.1, -0.05) is 47.0 Å². The summed E-state index contributed by atoms with van der Waals surface area (Å²) in [5.74, 6) is -0.349. The molecule has 0 bridgehead atoms. The van der Waals surface area contributed by atoms with Crippen molar-refractivity contribution in [2.24, 2.45) is 0 Å². The molecule has 1 aliphatic heterocycles. The van der Waals surface area contributed by atoms with Gasteiger partial charge in [0.25, 0.3) is 0 Å². The average Bonchev–Trinajstić information content (AvgIpc) is 2.78. The molecule has 0 unspecified atom stereocenters. The van der Waals surface area contributed by atoms with Gasteiger partial charge in [-0.25, -0.2) is 8.42 Å². The van der Waals surface area contributed by atoms with Crippen molar-refractivity contribution >= 4 is 39.1 Å². The Morgan fingerprint density at radius 3 is 2.34 bits per heavy atom. The third-order valence-electron chi connectivity index (χ3n) is 5.94. The molecular formula is C25H33Cl2N3O4S. The van der Waals surface area contributed by atoms with Crippen molar-refractivity contribution in [3.8, 4) is 0 Å². The first-order valence-electron chi connectivity index (χ1n) is 11.7. The maximum Gasteiger partial charge on any atom is 0.244 e. The normalized spacial score (nSPS) is 14.9. The van der Waals surface area contributed by atoms with Crippen molar-refractivity contribution in [2.75, 3.05) is 45.9 Å². The Bertz CT molecular complexity index is 1130. The van der Waals surface area contributed by atoms with Crippen LogP contribution in [0.3, 0.4) is 0 Å². The summed E-state index contributed by atoms with van der Waals surface area (Å²) in [6.07, 6.45) is 0.779. The van der Waals surface area contributed by atoms with Crippen LogP contribution in [-0.2, 0) is 26.1 Å². The molecule has 0 saturated carbocycles. The second-order valence-corrected chi connectivity index (χ2v) is 11.6. The van der Waals surface area contributed by atoms with Crippen LogP contribution in [-0.4, -0.2) is 69.5 Å². The third kappa shape index (κ3) is 7.65. The first-order chi connectivity index (χ1) is 16.6. The van der Waals surface area contributed by atoms with E-state index in [9.17, 15) is 13.2 Å². The van der Waals surface area contributed by atoms with E-state index in [0.717, 1.165) is 44.8 Å². The number of benzene rings is 2. The Balaban J connectivity index is 1.76. The van der Waals surface area contributed by atoms with E-state index in [2.05, 4.69) is 10.2 Å². The summed E-state index contributed by atoms with van der Waals surface area (Å²) >= 11 is 12.2. The van der Waals surface area contributed by atoms with E-state index in [0.29, 0.717) is 33.3 Å². The van der Waals surface area contributed by atoms with E-state index < -0.39 is 10.0 Å². The number of ether oxygens (including phenoxy) is 1. The molecule has 0 spiro atoms. The molecule has 1 amide bonds. The van der Waals surface area contributed by atoms with Crippen LogP contribution in [0.1, 0.15) is 28.7 Å². The van der Waals surface area contributed by atoms with E-state index in [1.807, 2.05) is 19.1 Å². The average molecular weight is 543 g/mol. The molecule has 3 rings (SSSR count). The van der Waals surface area contributed by atoms with Crippen LogP contribution in [0, 0.1) is 20.8 Å². The number of hydrogen-bond acceptors (Lipinski definition) is 5. The number of carbonyl (C=O) groups is 1. The van der Waals surface area contributed by atoms with E-state index in [1.54, 1.807) is 32.0 Å². The standard InChI is InChI=1S/C25H33Cl2N3O4S/c1-18-13-19(2)25(20(3)14-18)35(32,33)30(16-21-5-6-22(26)23(27)15-21)17-24(31)28-7-4-8-29-9-11-34-12-10-29/h5-6,13-15H,4,7-12,16-17H2,1-3H3,(H,28,31). The molecule has 0 aromatic heterocycles. The van der Waals surface area contributed by atoms with Crippen molar-refractivity contribution in [3.05, 3.63) is 62.6 Å². The fourth-order valence-electron chi connectivity index (χ4n) is 4.34. The highest BCUT2D eigenvalue weighted by molar-refractivity contribution is 7.89. The second-order valence-electron chi connectivity index (χ2n) is 8.91. The van der Waals surface area contributed by atoms with E-state index in [1.165, 1.54) is 4.31 Å². The molecular weight excluding hydrogens is 509 g/mol. The number of morpholine rings is 1. The van der Waals surface area contributed by atoms with E-state index >= 15 is 0 Å². The smallest absolute Gasteiger partial charge is 0.244 e. The zero-order valence-electron chi connectivity index (χ0n) is 20.4. The van der Waals surface area contributed by atoms with Gasteiger partial charge in [0.2, 0.25) is 15.9 Å². The number of carbonyl (C=O) groups excluding carboxylic acids is 1. The molecule has 2 aromatic rings. The summed E-state index contributed by atoms with van der Waals surface area (Å²) in [6.45, 7) is 9.73. The fourth-order valence-corrected chi connectivity index (χ4v) is 6.46. The van der Waals surface area contributed by atoms with Gasteiger partial charge < -0.3 is 10.1 Å². The summed E-state index contributed by atoms with van der Waals surface area (Å²) in [5.41, 5.74) is 2.92. The van der Waals surface area contributed by atoms with Gasteiger partial charge in [-0.3, -0.25) is 9.69 Å². The lowest BCUT2D eigenvalue weighted by molar-refractivity contribution is -0.121. The number of nitrogens with one attached hydrogen (secondary N) is 1. The highest BCUT2D eigenvalue weighted by Crippen LogP contribution is 2.28. The summed E-state index contributed by atoms with van der Waals surface area (Å²) in [7, 11) is -3.97. The van der Waals surface area contributed by atoms with Crippen molar-refractivity contribution in [1.29, 1.82) is 0 Å². The highest BCUT2D eigenvalue weighted by atomic mass is 35.5. The number of nitrogens with zero attached hydrogens (tertiary/aromatic N) is 2. The van der Waals surface area contributed by atoms with E-state index in [-0.39, 0.29) is 23.9 Å². The predicted octanol–water partition coefficient (Wildman–Crippen LogP) is 3.95. The molecule has 0 aliphatic carbocycles. The molecule has 1 fully saturated rings. The maximum absolute atomic E-state index is 13.8. The Hall–Kier alpha value is -1.68. The van der Waals surface area contributed by atoms with Crippen molar-refractivity contribution < 1.29 is 17.9 Å². The lowest BCUT2D eigenvalue weighted by Gasteiger charge is -2.26. The molecule has 10 heteroatoms. The molecule has 35 heavy (non-hydrogen) atoms. The molecule has 1 saturated heterocycles. The topological polar surface area (TPSA) is 79.0 Å². The summed E-state index contributed by atoms with van der Waals surface area (Å²) < 4.78 is 34.1. The largest absolute Gasteiger partial charge is 0.379 e. The lowest BCUT2D eigenvalue weighted by Crippen LogP contribution is -2.42. The zero-order chi connectivity index (χ0) is 25.6. The van der Waals surface area contributed by atoms with E-state index in [4.69, 9.17) is 27.9 Å². The molecule has 7 nitrogen and oxygen atoms in total. The molecule has 1 aliphatic rings. The van der Waals surface area contributed by atoms with Gasteiger partial charge in [-0.2, -0.15) is 4.31 Å². The Morgan fingerprint density at radius 2 is 1.71 bits per heavy atom. The lowest BCUT2D eigenvalue weighted by atomic mass is 10.1. The van der Waals surface area contributed by atoms with Crippen LogP contribution in [0.4, 0.5) is 0 Å². The second kappa shape index (κ2) is 12.5. The Labute approximate surface area is 218 Å². The van der Waals surface area contributed by atoms with Gasteiger partial charge in [0.05, 0.1) is 34.7 Å². The quantitative estimate of drug-likeness (QED) is 0.460. The van der Waals surface area contributed by atoms with Crippen molar-refractivity contribution in [3.63, 3.8) is 0 Å². The van der Waals surface area contributed by atoms with Crippen LogP contribution in [0.15, 0.2) is 35.2 Å². The van der Waals surface area contributed by atoms with Crippen molar-refractivity contribution in [1.82, 2.24) is 14.5 Å². The number of rotatable bonds is 10. The van der Waals surface area contributed by atoms with Crippen LogP contribution < -0.4 is 5.32 Å². The monoisotopic (exact) mass is 541 g/mol. The Morgan fingerprint density at radius 1 is 1.06 bits per heavy atom. The number of aryl methyl sites for hydroxylation is 3. The van der Waals surface area contributed by atoms with Gasteiger partial charge in [-0.15, -0.1) is 0 Å². The Kier molecular flexibility index (Phi) is 9.98. The molecule has 0 radical (unpaired) electrons. The summed E-state index contributed by atoms with van der Waals surface area (Å²) in [4.78, 5) is 15.3. The number of sulfonamides is 1. The first kappa shape index (κ1) is 27.9. The zero-order valence-corrected chi connectivity index (χ0v) is 22.8. The highest BCUT2D eigenvalue weighted by Gasteiger charge is 2.30. The van der Waals surface area contributed by atoms with Crippen LogP contribution >= 0.6 is 23.2 Å². The maximum atomic E-state index is 13.8. The number of hydrogen-bond donors (Lipinski definition) is 1. The molecule has 1 heterocycles. The number of amides is 1. The third-order valence-corrected chi connectivity index (χ3v) is 8.78. The minimum Gasteiger partial charge on any atom is -0.379 e. The van der Waals surface area contributed by atoms with Gasteiger partial charge in [0.1, 0.15) is 0 Å². The van der Waals surface area contributed by atoms with Crippen LogP contribution in [0.2, 0.25) is 10.0 Å². The SMILES string of the molecule is Cc1cc(C)c(S(=O)(=O)N(CC(=O)NCCCN2CCOCC2)Cc2ccc(Cl)c(Cl)c2)c(C)c1. The number of halogens is 2. The van der Waals surface area contributed by atoms with Crippen molar-refractivity contribution in [2.45, 2.75) is 38.6 Å². The molecule has 1 N–H and O–H groups in total. The van der Waals surface area contributed by atoms with Gasteiger partial charge in [0, 0.05) is 26.2 Å². The van der Waals surface area contributed by atoms with Gasteiger partial charge in [0.15, 0.2) is 0 Å². The van der Waals surface area contributed by atoms with Gasteiger partial charge in [-0.05, 0) is 62.6 Å². The molecule has 2 aromatic carbocycles. The molecule has 192 valence electrons. The first-order valence-corrected chi connectivity index (χ1v) is 13.9. The van der Waals surface area contributed by atoms with Gasteiger partial charge >= 0.3 is 0 Å². The molecule has 0 atom stereocenters. The summed E-state index contributed by atoms with van der Waals surface area (Å²) in [6, 6.07) is 8.64.